The van der Waals surface area contributed by atoms with E-state index in [0.717, 1.165) is 17.7 Å². The van der Waals surface area contributed by atoms with E-state index in [1.54, 1.807) is 11.3 Å². The summed E-state index contributed by atoms with van der Waals surface area (Å²) in [6.07, 6.45) is 3.87. The second kappa shape index (κ2) is 3.70. The smallest absolute Gasteiger partial charge is 0.0794 e. The number of hydrogen-bond donors (Lipinski definition) is 0. The standard InChI is InChI=1S/C10H14BrNS/c1-8-2-10(3-8,6-11)4-9-5-13-7-12-9/h5,7-8H,2-4,6H2,1H3. The molecule has 0 saturated heterocycles. The fourth-order valence-corrected chi connectivity index (χ4v) is 3.64. The molecule has 0 atom stereocenters. The van der Waals surface area contributed by atoms with Gasteiger partial charge in [0, 0.05) is 10.7 Å². The first-order valence-corrected chi connectivity index (χ1v) is 6.74. The van der Waals surface area contributed by atoms with Crippen LogP contribution in [0, 0.1) is 11.3 Å². The van der Waals surface area contributed by atoms with Crippen LogP contribution in [-0.2, 0) is 6.42 Å². The zero-order valence-corrected chi connectivity index (χ0v) is 10.2. The van der Waals surface area contributed by atoms with Crippen LogP contribution in [-0.4, -0.2) is 10.3 Å². The van der Waals surface area contributed by atoms with Gasteiger partial charge in [-0.25, -0.2) is 4.98 Å². The number of aromatic nitrogens is 1. The van der Waals surface area contributed by atoms with E-state index in [1.807, 2.05) is 5.51 Å². The van der Waals surface area contributed by atoms with Gasteiger partial charge < -0.3 is 0 Å². The third-order valence-electron chi connectivity index (χ3n) is 2.89. The molecule has 1 aliphatic rings. The van der Waals surface area contributed by atoms with Gasteiger partial charge in [-0.3, -0.25) is 0 Å². The van der Waals surface area contributed by atoms with E-state index < -0.39 is 0 Å². The molecule has 0 radical (unpaired) electrons. The Bertz CT molecular complexity index is 264. The molecular weight excluding hydrogens is 246 g/mol. The van der Waals surface area contributed by atoms with Crippen LogP contribution in [0.1, 0.15) is 25.5 Å². The number of thiazole rings is 1. The molecular formula is C10H14BrNS. The highest BCUT2D eigenvalue weighted by molar-refractivity contribution is 9.09. The molecule has 0 aliphatic heterocycles. The first-order valence-electron chi connectivity index (χ1n) is 4.67. The lowest BCUT2D eigenvalue weighted by Gasteiger charge is -2.45. The van der Waals surface area contributed by atoms with Crippen LogP contribution in [0.3, 0.4) is 0 Å². The minimum absolute atomic E-state index is 0.521. The predicted octanol–water partition coefficient (Wildman–Crippen LogP) is 3.50. The van der Waals surface area contributed by atoms with Crippen molar-refractivity contribution in [1.82, 2.24) is 4.98 Å². The molecule has 1 heterocycles. The molecule has 1 aromatic rings. The molecule has 72 valence electrons. The van der Waals surface area contributed by atoms with Crippen molar-refractivity contribution in [1.29, 1.82) is 0 Å². The number of rotatable bonds is 3. The summed E-state index contributed by atoms with van der Waals surface area (Å²) < 4.78 is 0. The van der Waals surface area contributed by atoms with E-state index in [2.05, 4.69) is 33.2 Å². The molecule has 1 fully saturated rings. The van der Waals surface area contributed by atoms with Gasteiger partial charge in [-0.1, -0.05) is 22.9 Å². The van der Waals surface area contributed by atoms with Gasteiger partial charge in [0.15, 0.2) is 0 Å². The molecule has 0 amide bonds. The SMILES string of the molecule is CC1CC(CBr)(Cc2cscn2)C1. The molecule has 0 spiro atoms. The first kappa shape index (κ1) is 9.66. The maximum atomic E-state index is 4.35. The summed E-state index contributed by atoms with van der Waals surface area (Å²) in [6, 6.07) is 0. The topological polar surface area (TPSA) is 12.9 Å². The second-order valence-electron chi connectivity index (χ2n) is 4.30. The van der Waals surface area contributed by atoms with Crippen LogP contribution >= 0.6 is 27.3 Å². The first-order chi connectivity index (χ1) is 6.24. The number of nitrogens with zero attached hydrogens (tertiary/aromatic N) is 1. The number of halogens is 1. The fraction of sp³-hybridized carbons (Fsp3) is 0.700. The molecule has 1 saturated carbocycles. The maximum absolute atomic E-state index is 4.35. The van der Waals surface area contributed by atoms with E-state index in [4.69, 9.17) is 0 Å². The van der Waals surface area contributed by atoms with Gasteiger partial charge in [0.2, 0.25) is 0 Å². The Kier molecular flexibility index (Phi) is 2.75. The van der Waals surface area contributed by atoms with E-state index >= 15 is 0 Å². The molecule has 0 unspecified atom stereocenters. The van der Waals surface area contributed by atoms with Gasteiger partial charge in [0.25, 0.3) is 0 Å². The van der Waals surface area contributed by atoms with Crippen LogP contribution < -0.4 is 0 Å². The molecule has 0 bridgehead atoms. The van der Waals surface area contributed by atoms with Gasteiger partial charge in [0.1, 0.15) is 0 Å². The molecule has 3 heteroatoms. The largest absolute Gasteiger partial charge is 0.250 e. The normalized spacial score (nSPS) is 32.9. The zero-order valence-electron chi connectivity index (χ0n) is 7.79. The third-order valence-corrected chi connectivity index (χ3v) is 4.71. The van der Waals surface area contributed by atoms with Crippen LogP contribution in [0.25, 0.3) is 0 Å². The highest BCUT2D eigenvalue weighted by Crippen LogP contribution is 2.48. The van der Waals surface area contributed by atoms with Gasteiger partial charge >= 0.3 is 0 Å². The van der Waals surface area contributed by atoms with Crippen LogP contribution in [0.15, 0.2) is 10.9 Å². The highest BCUT2D eigenvalue weighted by atomic mass is 79.9. The van der Waals surface area contributed by atoms with Crippen molar-refractivity contribution in [2.75, 3.05) is 5.33 Å². The molecule has 0 N–H and O–H groups in total. The Morgan fingerprint density at radius 3 is 2.92 bits per heavy atom. The summed E-state index contributed by atoms with van der Waals surface area (Å²) >= 11 is 5.33. The van der Waals surface area contributed by atoms with Gasteiger partial charge in [0.05, 0.1) is 11.2 Å². The molecule has 1 aromatic heterocycles. The number of alkyl halides is 1. The Balaban J connectivity index is 2.00. The molecule has 13 heavy (non-hydrogen) atoms. The van der Waals surface area contributed by atoms with Crippen molar-refractivity contribution in [3.63, 3.8) is 0 Å². The lowest BCUT2D eigenvalue weighted by atomic mass is 9.62. The van der Waals surface area contributed by atoms with Crippen molar-refractivity contribution in [2.24, 2.45) is 11.3 Å². The summed E-state index contributed by atoms with van der Waals surface area (Å²) in [6.45, 7) is 2.34. The summed E-state index contributed by atoms with van der Waals surface area (Å²) in [5, 5.41) is 3.30. The summed E-state index contributed by atoms with van der Waals surface area (Å²) in [7, 11) is 0. The Hall–Kier alpha value is 0.110. The van der Waals surface area contributed by atoms with Crippen LogP contribution in [0.2, 0.25) is 0 Å². The lowest BCUT2D eigenvalue weighted by Crippen LogP contribution is -2.39. The van der Waals surface area contributed by atoms with Crippen molar-refractivity contribution in [2.45, 2.75) is 26.2 Å². The minimum Gasteiger partial charge on any atom is -0.250 e. The molecule has 0 aromatic carbocycles. The Morgan fingerprint density at radius 2 is 2.46 bits per heavy atom. The fourth-order valence-electron chi connectivity index (χ4n) is 2.43. The maximum Gasteiger partial charge on any atom is 0.0794 e. The van der Waals surface area contributed by atoms with Crippen molar-refractivity contribution < 1.29 is 0 Å². The highest BCUT2D eigenvalue weighted by Gasteiger charge is 2.41. The van der Waals surface area contributed by atoms with Gasteiger partial charge in [-0.2, -0.15) is 0 Å². The minimum atomic E-state index is 0.521. The predicted molar refractivity (Wildman–Crippen MR) is 60.4 cm³/mol. The monoisotopic (exact) mass is 259 g/mol. The quantitative estimate of drug-likeness (QED) is 0.758. The molecule has 1 nitrogen and oxygen atoms in total. The lowest BCUT2D eigenvalue weighted by molar-refractivity contribution is 0.0945. The van der Waals surface area contributed by atoms with Gasteiger partial charge in [-0.15, -0.1) is 11.3 Å². The summed E-state index contributed by atoms with van der Waals surface area (Å²) in [5.74, 6) is 0.913. The molecule has 2 rings (SSSR count). The Morgan fingerprint density at radius 1 is 1.69 bits per heavy atom. The van der Waals surface area contributed by atoms with E-state index in [-0.39, 0.29) is 0 Å². The summed E-state index contributed by atoms with van der Waals surface area (Å²) in [4.78, 5) is 4.35. The van der Waals surface area contributed by atoms with E-state index in [1.165, 1.54) is 18.5 Å². The van der Waals surface area contributed by atoms with Crippen molar-refractivity contribution in [3.8, 4) is 0 Å². The van der Waals surface area contributed by atoms with Crippen LogP contribution in [0.5, 0.6) is 0 Å². The van der Waals surface area contributed by atoms with E-state index in [0.29, 0.717) is 5.41 Å². The van der Waals surface area contributed by atoms with Crippen molar-refractivity contribution in [3.05, 3.63) is 16.6 Å². The Labute approximate surface area is 91.7 Å². The second-order valence-corrected chi connectivity index (χ2v) is 5.58. The average Bonchev–Trinajstić information content (AvgIpc) is 2.53. The van der Waals surface area contributed by atoms with E-state index in [9.17, 15) is 0 Å². The zero-order chi connectivity index (χ0) is 9.31. The average molecular weight is 260 g/mol. The van der Waals surface area contributed by atoms with Crippen LogP contribution in [0.4, 0.5) is 0 Å². The van der Waals surface area contributed by atoms with Crippen molar-refractivity contribution >= 4 is 27.3 Å². The van der Waals surface area contributed by atoms with Gasteiger partial charge in [-0.05, 0) is 30.6 Å². The number of hydrogen-bond acceptors (Lipinski definition) is 2. The molecule has 1 aliphatic carbocycles. The summed E-state index contributed by atoms with van der Waals surface area (Å²) in [5.41, 5.74) is 3.73. The third kappa shape index (κ3) is 1.96.